The van der Waals surface area contributed by atoms with Gasteiger partial charge in [0.15, 0.2) is 0 Å². The highest BCUT2D eigenvalue weighted by Crippen LogP contribution is 2.30. The third kappa shape index (κ3) is 5.21. The van der Waals surface area contributed by atoms with Gasteiger partial charge in [-0.05, 0) is 44.2 Å². The van der Waals surface area contributed by atoms with Crippen molar-refractivity contribution >= 4 is 39.1 Å². The molecule has 1 fully saturated rings. The molecule has 2 heterocycles. The van der Waals surface area contributed by atoms with Gasteiger partial charge in [0.05, 0.1) is 7.11 Å². The normalized spacial score (nSPS) is 14.8. The van der Waals surface area contributed by atoms with Gasteiger partial charge < -0.3 is 15.0 Å². The number of benzene rings is 2. The summed E-state index contributed by atoms with van der Waals surface area (Å²) >= 11 is 6.05. The van der Waals surface area contributed by atoms with Crippen LogP contribution in [-0.4, -0.2) is 56.0 Å². The van der Waals surface area contributed by atoms with Crippen LogP contribution >= 0.6 is 11.6 Å². The van der Waals surface area contributed by atoms with E-state index in [0.29, 0.717) is 43.0 Å². The Morgan fingerprint density at radius 1 is 0.970 bits per heavy atom. The van der Waals surface area contributed by atoms with E-state index in [-0.39, 0.29) is 10.6 Å². The van der Waals surface area contributed by atoms with Crippen LogP contribution in [0.4, 0.5) is 17.5 Å². The number of aromatic nitrogens is 2. The lowest BCUT2D eigenvalue weighted by atomic mass is 10.2. The number of nitrogens with one attached hydrogen (secondary N) is 1. The predicted octanol–water partition coefficient (Wildman–Crippen LogP) is 4.01. The number of piperazine rings is 1. The van der Waals surface area contributed by atoms with Crippen LogP contribution in [0.5, 0.6) is 5.75 Å². The van der Waals surface area contributed by atoms with E-state index in [1.807, 2.05) is 49.1 Å². The molecular formula is C23H26ClN5O3S. The fraction of sp³-hybridized carbons (Fsp3) is 0.304. The number of ether oxygens (including phenoxy) is 1. The molecule has 3 aromatic rings. The number of halogens is 1. The second-order valence-electron chi connectivity index (χ2n) is 7.87. The van der Waals surface area contributed by atoms with Crippen LogP contribution in [-0.2, 0) is 10.0 Å². The van der Waals surface area contributed by atoms with Gasteiger partial charge in [0.1, 0.15) is 16.5 Å². The lowest BCUT2D eigenvalue weighted by Gasteiger charge is -2.34. The van der Waals surface area contributed by atoms with E-state index in [4.69, 9.17) is 16.3 Å². The lowest BCUT2D eigenvalue weighted by molar-refractivity contribution is 0.372. The fourth-order valence-corrected chi connectivity index (χ4v) is 5.50. The monoisotopic (exact) mass is 487 g/mol. The molecule has 0 amide bonds. The van der Waals surface area contributed by atoms with Crippen molar-refractivity contribution in [3.63, 3.8) is 0 Å². The Morgan fingerprint density at radius 2 is 1.67 bits per heavy atom. The molecule has 0 bridgehead atoms. The zero-order chi connectivity index (χ0) is 23.6. The van der Waals surface area contributed by atoms with E-state index in [2.05, 4.69) is 15.3 Å². The van der Waals surface area contributed by atoms with Crippen LogP contribution in [0.1, 0.15) is 11.3 Å². The number of methoxy groups -OCH3 is 1. The Labute approximate surface area is 199 Å². The summed E-state index contributed by atoms with van der Waals surface area (Å²) in [6.07, 6.45) is 0. The molecule has 0 radical (unpaired) electrons. The van der Waals surface area contributed by atoms with Crippen LogP contribution in [0, 0.1) is 13.8 Å². The maximum absolute atomic E-state index is 13.2. The smallest absolute Gasteiger partial charge is 0.246 e. The van der Waals surface area contributed by atoms with Crippen molar-refractivity contribution < 1.29 is 13.2 Å². The summed E-state index contributed by atoms with van der Waals surface area (Å²) in [5.74, 6) is 1.54. The average molecular weight is 488 g/mol. The standard InChI is InChI=1S/C23H26ClN5O3S/c1-16-4-7-19(8-5-16)26-22-14-17(2)25-23(27-22)28-10-12-29(13-11-28)33(30,31)21-15-18(24)6-9-20(21)32-3/h4-9,14-15H,10-13H2,1-3H3,(H,25,26,27). The minimum absolute atomic E-state index is 0.0716. The quantitative estimate of drug-likeness (QED) is 0.562. The van der Waals surface area contributed by atoms with Gasteiger partial charge in [-0.3, -0.25) is 0 Å². The number of rotatable bonds is 6. The first kappa shape index (κ1) is 23.3. The molecule has 1 aromatic heterocycles. The number of aryl methyl sites for hydroxylation is 2. The Bertz CT molecular complexity index is 1240. The first-order valence-corrected chi connectivity index (χ1v) is 12.4. The highest BCUT2D eigenvalue weighted by Gasteiger charge is 2.32. The van der Waals surface area contributed by atoms with Gasteiger partial charge in [0, 0.05) is 48.6 Å². The summed E-state index contributed by atoms with van der Waals surface area (Å²) in [6.45, 7) is 5.49. The topological polar surface area (TPSA) is 87.7 Å². The van der Waals surface area contributed by atoms with E-state index in [9.17, 15) is 8.42 Å². The van der Waals surface area contributed by atoms with Crippen molar-refractivity contribution in [1.29, 1.82) is 0 Å². The van der Waals surface area contributed by atoms with Gasteiger partial charge in [0.2, 0.25) is 16.0 Å². The maximum Gasteiger partial charge on any atom is 0.246 e. The van der Waals surface area contributed by atoms with Crippen molar-refractivity contribution in [2.24, 2.45) is 0 Å². The molecule has 10 heteroatoms. The van der Waals surface area contributed by atoms with E-state index in [1.54, 1.807) is 12.1 Å². The zero-order valence-corrected chi connectivity index (χ0v) is 20.3. The van der Waals surface area contributed by atoms with Crippen LogP contribution < -0.4 is 15.0 Å². The summed E-state index contributed by atoms with van der Waals surface area (Å²) in [4.78, 5) is 11.3. The molecule has 1 aliphatic heterocycles. The minimum Gasteiger partial charge on any atom is -0.495 e. The van der Waals surface area contributed by atoms with Gasteiger partial charge in [-0.25, -0.2) is 13.4 Å². The number of anilines is 3. The van der Waals surface area contributed by atoms with Crippen LogP contribution in [0.25, 0.3) is 0 Å². The maximum atomic E-state index is 13.2. The van der Waals surface area contributed by atoms with Gasteiger partial charge in [-0.2, -0.15) is 9.29 Å². The van der Waals surface area contributed by atoms with Crippen molar-refractivity contribution in [2.45, 2.75) is 18.7 Å². The van der Waals surface area contributed by atoms with Crippen molar-refractivity contribution in [2.75, 3.05) is 43.5 Å². The molecule has 33 heavy (non-hydrogen) atoms. The number of hydrogen-bond donors (Lipinski definition) is 1. The van der Waals surface area contributed by atoms with E-state index in [1.165, 1.54) is 23.0 Å². The zero-order valence-electron chi connectivity index (χ0n) is 18.7. The van der Waals surface area contributed by atoms with E-state index < -0.39 is 10.0 Å². The third-order valence-corrected chi connectivity index (χ3v) is 7.59. The van der Waals surface area contributed by atoms with E-state index in [0.717, 1.165) is 11.4 Å². The van der Waals surface area contributed by atoms with Crippen LogP contribution in [0.3, 0.4) is 0 Å². The van der Waals surface area contributed by atoms with Crippen molar-refractivity contribution in [3.8, 4) is 5.75 Å². The van der Waals surface area contributed by atoms with Gasteiger partial charge >= 0.3 is 0 Å². The molecule has 4 rings (SSSR count). The predicted molar refractivity (Wildman–Crippen MR) is 130 cm³/mol. The highest BCUT2D eigenvalue weighted by molar-refractivity contribution is 7.89. The largest absolute Gasteiger partial charge is 0.495 e. The fourth-order valence-electron chi connectivity index (χ4n) is 3.66. The third-order valence-electron chi connectivity index (χ3n) is 5.43. The van der Waals surface area contributed by atoms with Crippen LogP contribution in [0.2, 0.25) is 5.02 Å². The summed E-state index contributed by atoms with van der Waals surface area (Å²) in [5.41, 5.74) is 2.95. The second kappa shape index (κ2) is 9.54. The molecule has 8 nitrogen and oxygen atoms in total. The summed E-state index contributed by atoms with van der Waals surface area (Å²) in [5, 5.41) is 3.66. The van der Waals surface area contributed by atoms with Crippen LogP contribution in [0.15, 0.2) is 53.4 Å². The molecule has 2 aromatic carbocycles. The molecule has 174 valence electrons. The van der Waals surface area contributed by atoms with Gasteiger partial charge in [-0.1, -0.05) is 29.3 Å². The van der Waals surface area contributed by atoms with E-state index >= 15 is 0 Å². The minimum atomic E-state index is -3.75. The van der Waals surface area contributed by atoms with Gasteiger partial charge in [-0.15, -0.1) is 0 Å². The Hall–Kier alpha value is -2.88. The first-order chi connectivity index (χ1) is 15.8. The molecular weight excluding hydrogens is 462 g/mol. The Morgan fingerprint density at radius 3 is 2.33 bits per heavy atom. The molecule has 1 saturated heterocycles. The average Bonchev–Trinajstić information content (AvgIpc) is 2.80. The molecule has 1 aliphatic rings. The summed E-state index contributed by atoms with van der Waals surface area (Å²) in [6, 6.07) is 14.5. The van der Waals surface area contributed by atoms with Crippen molar-refractivity contribution in [3.05, 3.63) is 64.8 Å². The molecule has 0 unspecified atom stereocenters. The molecule has 0 atom stereocenters. The number of sulfonamides is 1. The first-order valence-electron chi connectivity index (χ1n) is 10.5. The van der Waals surface area contributed by atoms with Gasteiger partial charge in [0.25, 0.3) is 0 Å². The number of hydrogen-bond acceptors (Lipinski definition) is 7. The molecule has 1 N–H and O–H groups in total. The lowest BCUT2D eigenvalue weighted by Crippen LogP contribution is -2.49. The Kier molecular flexibility index (Phi) is 6.73. The van der Waals surface area contributed by atoms with Crippen molar-refractivity contribution in [1.82, 2.24) is 14.3 Å². The number of nitrogens with zero attached hydrogens (tertiary/aromatic N) is 4. The summed E-state index contributed by atoms with van der Waals surface area (Å²) in [7, 11) is -2.31. The second-order valence-corrected chi connectivity index (χ2v) is 10.2. The molecule has 0 saturated carbocycles. The summed E-state index contributed by atoms with van der Waals surface area (Å²) < 4.78 is 33.1. The SMILES string of the molecule is COc1ccc(Cl)cc1S(=O)(=O)N1CCN(c2nc(C)cc(Nc3ccc(C)cc3)n2)CC1. The Balaban J connectivity index is 1.49. The highest BCUT2D eigenvalue weighted by atomic mass is 35.5. The molecule has 0 aliphatic carbocycles. The molecule has 0 spiro atoms.